The molecule has 4 atom stereocenters. The van der Waals surface area contributed by atoms with E-state index >= 15 is 0 Å². The Hall–Kier alpha value is -3.15. The van der Waals surface area contributed by atoms with Gasteiger partial charge in [-0.25, -0.2) is 18.6 Å². The van der Waals surface area contributed by atoms with Crippen molar-refractivity contribution in [1.29, 1.82) is 0 Å². The number of ether oxygens (including phenoxy) is 1. The van der Waals surface area contributed by atoms with Crippen molar-refractivity contribution < 1.29 is 27.6 Å². The van der Waals surface area contributed by atoms with Gasteiger partial charge in [-0.3, -0.25) is 14.4 Å². The number of sulfonamides is 1. The van der Waals surface area contributed by atoms with Gasteiger partial charge in [-0.2, -0.15) is 0 Å². The topological polar surface area (TPSA) is 114 Å². The molecule has 0 aromatic heterocycles. The van der Waals surface area contributed by atoms with Crippen LogP contribution in [0.2, 0.25) is 10.0 Å². The molecule has 1 aliphatic heterocycles. The van der Waals surface area contributed by atoms with Crippen LogP contribution in [0, 0.1) is 0 Å². The van der Waals surface area contributed by atoms with E-state index in [4.69, 9.17) is 32.8 Å². The van der Waals surface area contributed by atoms with Crippen LogP contribution in [0.25, 0.3) is 0 Å². The number of fused-ring (bicyclic) bond motifs is 1. The standard InChI is InChI=1S/C34H39Cl2N3O6S/c1-34(2,3)45-23-16-13-21(14-17-23)20-44-37-32(40)30-24-9-5-6-10-25(24)33(41)39(31(30)26-18-15-22(35)19-27(26)36)29-12-8-7-11-28(29)38-46(4,42)43/h5-6,9-10,13-19,28-31,38H,7-8,11-12,20H2,1-4H3,(H,37,40)/t28-,29-,30+,31-/m0/s1. The zero-order valence-corrected chi connectivity index (χ0v) is 28.6. The summed E-state index contributed by atoms with van der Waals surface area (Å²) < 4.78 is 33.4. The van der Waals surface area contributed by atoms with Gasteiger partial charge in [0.25, 0.3) is 11.8 Å². The smallest absolute Gasteiger partial charge is 0.255 e. The first-order valence-electron chi connectivity index (χ1n) is 15.3. The Kier molecular flexibility index (Phi) is 10.3. The molecular formula is C34H39Cl2N3O6S. The Labute approximate surface area is 280 Å². The summed E-state index contributed by atoms with van der Waals surface area (Å²) in [6, 6.07) is 17.4. The first-order valence-corrected chi connectivity index (χ1v) is 17.9. The predicted octanol–water partition coefficient (Wildman–Crippen LogP) is 6.56. The van der Waals surface area contributed by atoms with Crippen molar-refractivity contribution in [3.63, 3.8) is 0 Å². The van der Waals surface area contributed by atoms with E-state index in [2.05, 4.69) is 10.2 Å². The molecule has 1 fully saturated rings. The lowest BCUT2D eigenvalue weighted by atomic mass is 9.76. The lowest BCUT2D eigenvalue weighted by Gasteiger charge is -2.49. The lowest BCUT2D eigenvalue weighted by Crippen LogP contribution is -2.59. The SMILES string of the molecule is CC(C)(C)Oc1ccc(CONC(=O)[C@@H]2c3ccccc3C(=O)N([C@H]3CCCC[C@@H]3NS(C)(=O)=O)[C@H]2c2ccc(Cl)cc2Cl)cc1. The fourth-order valence-corrected chi connectivity index (χ4v) is 7.73. The zero-order valence-electron chi connectivity index (χ0n) is 26.3. The third-order valence-electron chi connectivity index (χ3n) is 8.15. The summed E-state index contributed by atoms with van der Waals surface area (Å²) >= 11 is 13.0. The average molecular weight is 689 g/mol. The summed E-state index contributed by atoms with van der Waals surface area (Å²) in [5.41, 5.74) is 4.51. The first-order chi connectivity index (χ1) is 21.7. The van der Waals surface area contributed by atoms with Gasteiger partial charge in [0.15, 0.2) is 0 Å². The van der Waals surface area contributed by atoms with Crippen molar-refractivity contribution in [1.82, 2.24) is 15.1 Å². The minimum absolute atomic E-state index is 0.0912. The van der Waals surface area contributed by atoms with Crippen LogP contribution in [0.5, 0.6) is 5.75 Å². The van der Waals surface area contributed by atoms with E-state index in [1.54, 1.807) is 47.4 Å². The molecule has 2 N–H and O–H groups in total. The van der Waals surface area contributed by atoms with Gasteiger partial charge in [-0.05, 0) is 80.6 Å². The number of hydrogen-bond donors (Lipinski definition) is 2. The Balaban J connectivity index is 1.50. The van der Waals surface area contributed by atoms with E-state index in [1.807, 2.05) is 45.0 Å². The third kappa shape index (κ3) is 8.04. The molecule has 246 valence electrons. The van der Waals surface area contributed by atoms with Gasteiger partial charge >= 0.3 is 0 Å². The highest BCUT2D eigenvalue weighted by molar-refractivity contribution is 7.88. The van der Waals surface area contributed by atoms with Crippen LogP contribution in [-0.2, 0) is 26.3 Å². The molecule has 9 nitrogen and oxygen atoms in total. The number of hydrogen-bond acceptors (Lipinski definition) is 6. The van der Waals surface area contributed by atoms with Crippen molar-refractivity contribution in [3.05, 3.63) is 99.0 Å². The number of hydroxylamine groups is 1. The molecule has 0 spiro atoms. The van der Waals surface area contributed by atoms with Crippen LogP contribution >= 0.6 is 23.2 Å². The van der Waals surface area contributed by atoms with Crippen molar-refractivity contribution >= 4 is 45.0 Å². The van der Waals surface area contributed by atoms with Crippen molar-refractivity contribution in [2.24, 2.45) is 0 Å². The minimum atomic E-state index is -3.59. The third-order valence-corrected chi connectivity index (χ3v) is 9.44. The van der Waals surface area contributed by atoms with Crippen LogP contribution in [0.1, 0.15) is 85.5 Å². The molecule has 0 bridgehead atoms. The van der Waals surface area contributed by atoms with Crippen LogP contribution < -0.4 is 14.9 Å². The van der Waals surface area contributed by atoms with Gasteiger partial charge < -0.3 is 9.64 Å². The van der Waals surface area contributed by atoms with Gasteiger partial charge in [-0.15, -0.1) is 0 Å². The molecule has 2 aliphatic rings. The van der Waals surface area contributed by atoms with E-state index in [0.29, 0.717) is 34.6 Å². The van der Waals surface area contributed by atoms with Crippen LogP contribution in [0.3, 0.4) is 0 Å². The number of nitrogens with one attached hydrogen (secondary N) is 2. The number of carbonyl (C=O) groups excluding carboxylic acids is 2. The van der Waals surface area contributed by atoms with Gasteiger partial charge in [-0.1, -0.05) is 72.4 Å². The zero-order chi connectivity index (χ0) is 33.2. The molecule has 3 aromatic rings. The monoisotopic (exact) mass is 687 g/mol. The van der Waals surface area contributed by atoms with Gasteiger partial charge in [0.1, 0.15) is 11.4 Å². The molecule has 2 amide bonds. The molecule has 1 heterocycles. The number of benzene rings is 3. The number of amides is 2. The second-order valence-electron chi connectivity index (χ2n) is 12.8. The molecule has 5 rings (SSSR count). The van der Waals surface area contributed by atoms with E-state index in [0.717, 1.165) is 30.4 Å². The molecule has 46 heavy (non-hydrogen) atoms. The molecule has 0 saturated heterocycles. The van der Waals surface area contributed by atoms with Gasteiger partial charge in [0.2, 0.25) is 10.0 Å². The first kappa shape index (κ1) is 34.2. The Morgan fingerprint density at radius 3 is 2.35 bits per heavy atom. The largest absolute Gasteiger partial charge is 0.488 e. The van der Waals surface area contributed by atoms with E-state index in [9.17, 15) is 18.0 Å². The molecule has 12 heteroatoms. The molecule has 0 unspecified atom stereocenters. The highest BCUT2D eigenvalue weighted by Crippen LogP contribution is 2.48. The Morgan fingerprint density at radius 2 is 1.67 bits per heavy atom. The summed E-state index contributed by atoms with van der Waals surface area (Å²) in [4.78, 5) is 36.0. The normalized spacial score (nSPS) is 21.9. The maximum absolute atomic E-state index is 14.4. The molecular weight excluding hydrogens is 649 g/mol. The highest BCUT2D eigenvalue weighted by atomic mass is 35.5. The summed E-state index contributed by atoms with van der Waals surface area (Å²) in [7, 11) is -3.59. The fraction of sp³-hybridized carbons (Fsp3) is 0.412. The van der Waals surface area contributed by atoms with Crippen molar-refractivity contribution in [3.8, 4) is 5.75 Å². The van der Waals surface area contributed by atoms with Crippen molar-refractivity contribution in [2.75, 3.05) is 6.26 Å². The minimum Gasteiger partial charge on any atom is -0.488 e. The van der Waals surface area contributed by atoms with Crippen LogP contribution in [0.4, 0.5) is 0 Å². The van der Waals surface area contributed by atoms with Gasteiger partial charge in [0, 0.05) is 27.7 Å². The Morgan fingerprint density at radius 1 is 0.978 bits per heavy atom. The molecule has 0 radical (unpaired) electrons. The van der Waals surface area contributed by atoms with E-state index in [-0.39, 0.29) is 23.1 Å². The summed E-state index contributed by atoms with van der Waals surface area (Å²) in [5, 5.41) is 0.690. The highest BCUT2D eigenvalue weighted by Gasteiger charge is 2.49. The number of nitrogens with zero attached hydrogens (tertiary/aromatic N) is 1. The fourth-order valence-electron chi connectivity index (χ4n) is 6.39. The Bertz CT molecular complexity index is 1690. The summed E-state index contributed by atoms with van der Waals surface area (Å²) in [6.07, 6.45) is 3.79. The van der Waals surface area contributed by atoms with Crippen LogP contribution in [-0.4, -0.2) is 49.1 Å². The summed E-state index contributed by atoms with van der Waals surface area (Å²) in [6.45, 7) is 6.00. The number of carbonyl (C=O) groups is 2. The lowest BCUT2D eigenvalue weighted by molar-refractivity contribution is -0.138. The number of rotatable bonds is 9. The maximum atomic E-state index is 14.4. The van der Waals surface area contributed by atoms with E-state index < -0.39 is 40.0 Å². The average Bonchev–Trinajstić information content (AvgIpc) is 2.97. The quantitative estimate of drug-likeness (QED) is 0.246. The maximum Gasteiger partial charge on any atom is 0.255 e. The molecule has 3 aromatic carbocycles. The molecule has 1 saturated carbocycles. The van der Waals surface area contributed by atoms with Crippen LogP contribution in [0.15, 0.2) is 66.7 Å². The van der Waals surface area contributed by atoms with Crippen molar-refractivity contribution in [2.45, 2.75) is 82.7 Å². The van der Waals surface area contributed by atoms with E-state index in [1.165, 1.54) is 0 Å². The van der Waals surface area contributed by atoms with Gasteiger partial charge in [0.05, 0.1) is 24.8 Å². The second kappa shape index (κ2) is 13.9. The second-order valence-corrected chi connectivity index (χ2v) is 15.5. The summed E-state index contributed by atoms with van der Waals surface area (Å²) in [5.74, 6) is -0.993. The number of halogens is 2. The molecule has 1 aliphatic carbocycles. The predicted molar refractivity (Wildman–Crippen MR) is 178 cm³/mol.